The summed E-state index contributed by atoms with van der Waals surface area (Å²) in [6.45, 7) is -0.000694. The molecule has 0 saturated heterocycles. The normalized spacial score (nSPS) is 27.5. The first-order valence-electron chi connectivity index (χ1n) is 5.47. The minimum atomic E-state index is -0.706. The van der Waals surface area contributed by atoms with Crippen LogP contribution in [0.2, 0.25) is 0 Å². The summed E-state index contributed by atoms with van der Waals surface area (Å²) < 4.78 is 0. The summed E-state index contributed by atoms with van der Waals surface area (Å²) in [6.07, 6.45) is 6.66. The molecule has 0 atom stereocenters. The first kappa shape index (κ1) is 9.97. The molecule has 0 radical (unpaired) electrons. The summed E-state index contributed by atoms with van der Waals surface area (Å²) >= 11 is 0. The Hall–Kier alpha value is -0.570. The number of aliphatic hydroxyl groups excluding tert-OH is 1. The summed E-state index contributed by atoms with van der Waals surface area (Å²) in [5.41, 5.74) is -0.0863. The predicted molar refractivity (Wildman–Crippen MR) is 51.9 cm³/mol. The van der Waals surface area contributed by atoms with Crippen molar-refractivity contribution in [2.24, 2.45) is 10.8 Å². The molecule has 2 saturated carbocycles. The lowest BCUT2D eigenvalue weighted by molar-refractivity contribution is -0.153. The van der Waals surface area contributed by atoms with Crippen LogP contribution in [0.3, 0.4) is 0 Å². The summed E-state index contributed by atoms with van der Waals surface area (Å²) in [5, 5.41) is 18.1. The van der Waals surface area contributed by atoms with Crippen LogP contribution in [0, 0.1) is 10.8 Å². The first-order chi connectivity index (χ1) is 6.63. The lowest BCUT2D eigenvalue weighted by atomic mass is 9.67. The van der Waals surface area contributed by atoms with Crippen molar-refractivity contribution < 1.29 is 15.0 Å². The van der Waals surface area contributed by atoms with Crippen LogP contribution in [0.1, 0.15) is 44.9 Å². The predicted octanol–water partition coefficient (Wildman–Crippen LogP) is 1.79. The molecule has 0 aromatic rings. The molecule has 3 nitrogen and oxygen atoms in total. The molecule has 2 rings (SSSR count). The van der Waals surface area contributed by atoms with E-state index in [2.05, 4.69) is 0 Å². The second-order valence-electron chi connectivity index (χ2n) is 5.06. The molecule has 2 aliphatic carbocycles. The Morgan fingerprint density at radius 3 is 1.93 bits per heavy atom. The van der Waals surface area contributed by atoms with Crippen LogP contribution in [-0.4, -0.2) is 22.8 Å². The topological polar surface area (TPSA) is 57.5 Å². The molecule has 80 valence electrons. The van der Waals surface area contributed by atoms with Gasteiger partial charge in [-0.3, -0.25) is 4.79 Å². The molecule has 0 aliphatic heterocycles. The third kappa shape index (κ3) is 1.54. The van der Waals surface area contributed by atoms with Gasteiger partial charge >= 0.3 is 5.97 Å². The summed E-state index contributed by atoms with van der Waals surface area (Å²) in [5.74, 6) is -0.706. The standard InChI is InChI=1S/C11H18O3/c12-8-7-11(9(13)14)5-3-10(1-2-10)4-6-11/h12H,1-8H2,(H,13,14). The van der Waals surface area contributed by atoms with Gasteiger partial charge in [-0.25, -0.2) is 0 Å². The van der Waals surface area contributed by atoms with Gasteiger partial charge in [-0.2, -0.15) is 0 Å². The van der Waals surface area contributed by atoms with E-state index in [9.17, 15) is 9.90 Å². The number of hydrogen-bond donors (Lipinski definition) is 2. The SMILES string of the molecule is O=C(O)C1(CCO)CCC2(CC2)CC1. The summed E-state index contributed by atoms with van der Waals surface area (Å²) in [6, 6.07) is 0. The molecule has 0 bridgehead atoms. The molecule has 0 amide bonds. The Kier molecular flexibility index (Phi) is 2.30. The summed E-state index contributed by atoms with van der Waals surface area (Å²) in [7, 11) is 0. The van der Waals surface area contributed by atoms with E-state index >= 15 is 0 Å². The molecule has 0 unspecified atom stereocenters. The van der Waals surface area contributed by atoms with Gasteiger partial charge < -0.3 is 10.2 Å². The second-order valence-corrected chi connectivity index (χ2v) is 5.06. The molecule has 0 heterocycles. The maximum atomic E-state index is 11.2. The molecule has 0 aromatic carbocycles. The minimum absolute atomic E-state index is 0.000694. The maximum Gasteiger partial charge on any atom is 0.309 e. The van der Waals surface area contributed by atoms with Crippen molar-refractivity contribution in [1.82, 2.24) is 0 Å². The van der Waals surface area contributed by atoms with Gasteiger partial charge in [0.25, 0.3) is 0 Å². The quantitative estimate of drug-likeness (QED) is 0.727. The zero-order valence-electron chi connectivity index (χ0n) is 8.46. The molecule has 14 heavy (non-hydrogen) atoms. The molecular weight excluding hydrogens is 180 g/mol. The van der Waals surface area contributed by atoms with E-state index in [1.54, 1.807) is 0 Å². The fourth-order valence-electron chi connectivity index (χ4n) is 2.72. The van der Waals surface area contributed by atoms with Crippen molar-refractivity contribution in [3.63, 3.8) is 0 Å². The maximum absolute atomic E-state index is 11.2. The molecule has 2 fully saturated rings. The van der Waals surface area contributed by atoms with E-state index in [1.807, 2.05) is 0 Å². The van der Waals surface area contributed by atoms with Crippen molar-refractivity contribution in [1.29, 1.82) is 0 Å². The third-order valence-electron chi connectivity index (χ3n) is 4.27. The van der Waals surface area contributed by atoms with Crippen molar-refractivity contribution >= 4 is 5.97 Å². The average molecular weight is 198 g/mol. The van der Waals surface area contributed by atoms with E-state index < -0.39 is 11.4 Å². The molecule has 1 spiro atoms. The lowest BCUT2D eigenvalue weighted by Gasteiger charge is -2.36. The first-order valence-corrected chi connectivity index (χ1v) is 5.47. The highest BCUT2D eigenvalue weighted by Gasteiger charge is 2.51. The van der Waals surface area contributed by atoms with Gasteiger partial charge in [-0.05, 0) is 50.4 Å². The smallest absolute Gasteiger partial charge is 0.309 e. The van der Waals surface area contributed by atoms with Crippen LogP contribution in [0.25, 0.3) is 0 Å². The van der Waals surface area contributed by atoms with Gasteiger partial charge in [0.15, 0.2) is 0 Å². The van der Waals surface area contributed by atoms with Crippen LogP contribution in [0.5, 0.6) is 0 Å². The Morgan fingerprint density at radius 2 is 1.57 bits per heavy atom. The van der Waals surface area contributed by atoms with E-state index in [4.69, 9.17) is 5.11 Å². The van der Waals surface area contributed by atoms with Gasteiger partial charge in [0.2, 0.25) is 0 Å². The summed E-state index contributed by atoms with van der Waals surface area (Å²) in [4.78, 5) is 11.2. The molecule has 2 aliphatic rings. The Bertz CT molecular complexity index is 233. The Labute approximate surface area is 84.1 Å². The highest BCUT2D eigenvalue weighted by molar-refractivity contribution is 5.74. The van der Waals surface area contributed by atoms with Crippen LogP contribution in [0.4, 0.5) is 0 Å². The number of aliphatic carboxylic acids is 1. The highest BCUT2D eigenvalue weighted by Crippen LogP contribution is 2.60. The van der Waals surface area contributed by atoms with Crippen molar-refractivity contribution in [3.8, 4) is 0 Å². The fourth-order valence-corrected chi connectivity index (χ4v) is 2.72. The molecule has 2 N–H and O–H groups in total. The number of carboxylic acids is 1. The van der Waals surface area contributed by atoms with E-state index in [-0.39, 0.29) is 6.61 Å². The number of carboxylic acid groups (broad SMARTS) is 1. The Balaban J connectivity index is 2.02. The van der Waals surface area contributed by atoms with Crippen molar-refractivity contribution in [2.75, 3.05) is 6.61 Å². The number of hydrogen-bond acceptors (Lipinski definition) is 2. The minimum Gasteiger partial charge on any atom is -0.481 e. The van der Waals surface area contributed by atoms with Gasteiger partial charge in [-0.1, -0.05) is 0 Å². The monoisotopic (exact) mass is 198 g/mol. The van der Waals surface area contributed by atoms with E-state index in [0.29, 0.717) is 11.8 Å². The zero-order valence-corrected chi connectivity index (χ0v) is 8.46. The Morgan fingerprint density at radius 1 is 1.07 bits per heavy atom. The van der Waals surface area contributed by atoms with Crippen molar-refractivity contribution in [3.05, 3.63) is 0 Å². The van der Waals surface area contributed by atoms with E-state index in [1.165, 1.54) is 12.8 Å². The van der Waals surface area contributed by atoms with Gasteiger partial charge in [0.05, 0.1) is 5.41 Å². The van der Waals surface area contributed by atoms with Crippen LogP contribution in [0.15, 0.2) is 0 Å². The highest BCUT2D eigenvalue weighted by atomic mass is 16.4. The number of aliphatic hydroxyl groups is 1. The van der Waals surface area contributed by atoms with Gasteiger partial charge in [0, 0.05) is 6.61 Å². The number of carbonyl (C=O) groups is 1. The zero-order chi connectivity index (χ0) is 10.2. The lowest BCUT2D eigenvalue weighted by Crippen LogP contribution is -2.36. The van der Waals surface area contributed by atoms with Crippen LogP contribution >= 0.6 is 0 Å². The fraction of sp³-hybridized carbons (Fsp3) is 0.909. The largest absolute Gasteiger partial charge is 0.481 e. The van der Waals surface area contributed by atoms with Gasteiger partial charge in [0.1, 0.15) is 0 Å². The molecule has 0 aromatic heterocycles. The van der Waals surface area contributed by atoms with Crippen molar-refractivity contribution in [2.45, 2.75) is 44.9 Å². The third-order valence-corrected chi connectivity index (χ3v) is 4.27. The molecule has 3 heteroatoms. The van der Waals surface area contributed by atoms with Crippen LogP contribution in [-0.2, 0) is 4.79 Å². The van der Waals surface area contributed by atoms with E-state index in [0.717, 1.165) is 25.7 Å². The number of rotatable bonds is 3. The molecular formula is C11H18O3. The van der Waals surface area contributed by atoms with Crippen LogP contribution < -0.4 is 0 Å². The average Bonchev–Trinajstić information content (AvgIpc) is 2.90. The second kappa shape index (κ2) is 3.23. The van der Waals surface area contributed by atoms with Gasteiger partial charge in [-0.15, -0.1) is 0 Å².